The van der Waals surface area contributed by atoms with E-state index in [0.717, 1.165) is 18.6 Å². The highest BCUT2D eigenvalue weighted by Crippen LogP contribution is 2.21. The molecule has 8 heteroatoms. The van der Waals surface area contributed by atoms with Gasteiger partial charge in [0.05, 0.1) is 12.2 Å². The van der Waals surface area contributed by atoms with Gasteiger partial charge in [-0.15, -0.1) is 0 Å². The molecule has 2 amide bonds. The number of rotatable bonds is 2. The third-order valence-electron chi connectivity index (χ3n) is 3.73. The van der Waals surface area contributed by atoms with E-state index in [0.29, 0.717) is 18.9 Å². The molecule has 0 spiro atoms. The summed E-state index contributed by atoms with van der Waals surface area (Å²) in [5.41, 5.74) is 0. The van der Waals surface area contributed by atoms with E-state index < -0.39 is 5.82 Å². The van der Waals surface area contributed by atoms with E-state index in [1.54, 1.807) is 17.3 Å². The minimum Gasteiger partial charge on any atom is -0.347 e. The predicted octanol–water partition coefficient (Wildman–Crippen LogP) is 1.46. The molecule has 1 fully saturated rings. The topological polar surface area (TPSA) is 77.2 Å². The van der Waals surface area contributed by atoms with Crippen molar-refractivity contribution in [2.75, 3.05) is 32.0 Å². The summed E-state index contributed by atoms with van der Waals surface area (Å²) in [6.45, 7) is 1.88. The van der Waals surface area contributed by atoms with Crippen molar-refractivity contribution >= 4 is 11.8 Å². The first kappa shape index (κ1) is 14.5. The molecule has 7 nitrogen and oxygen atoms in total. The number of urea groups is 1. The number of nitrogens with zero attached hydrogens (tertiary/aromatic N) is 4. The second-order valence-electron chi connectivity index (χ2n) is 5.21. The van der Waals surface area contributed by atoms with Crippen LogP contribution in [0.15, 0.2) is 30.7 Å². The Labute approximate surface area is 127 Å². The van der Waals surface area contributed by atoms with Crippen LogP contribution in [-0.4, -0.2) is 57.5 Å². The average molecular weight is 304 g/mol. The van der Waals surface area contributed by atoms with Crippen molar-refractivity contribution in [3.05, 3.63) is 42.4 Å². The molecule has 116 valence electrons. The molecule has 0 aliphatic carbocycles. The molecule has 1 aliphatic rings. The van der Waals surface area contributed by atoms with Crippen molar-refractivity contribution in [3.8, 4) is 0 Å². The standard InChI is InChI=1S/C14H17FN6O/c1-20-6-7-21(9-11(20)13-16-4-5-17-13)14(22)19-12-3-2-10(15)8-18-12/h2-5,8,11H,6-7,9H2,1H3,(H,16,17)(H,18,19,22)/t11-/m0/s1. The largest absolute Gasteiger partial charge is 0.347 e. The highest BCUT2D eigenvalue weighted by molar-refractivity contribution is 5.88. The van der Waals surface area contributed by atoms with Crippen LogP contribution in [-0.2, 0) is 0 Å². The van der Waals surface area contributed by atoms with Crippen molar-refractivity contribution in [2.45, 2.75) is 6.04 Å². The van der Waals surface area contributed by atoms with Gasteiger partial charge in [-0.25, -0.2) is 19.2 Å². The van der Waals surface area contributed by atoms with Gasteiger partial charge in [0.15, 0.2) is 0 Å². The van der Waals surface area contributed by atoms with Crippen molar-refractivity contribution in [1.82, 2.24) is 24.8 Å². The van der Waals surface area contributed by atoms with Crippen molar-refractivity contribution in [2.24, 2.45) is 0 Å². The molecular formula is C14H17FN6O. The van der Waals surface area contributed by atoms with Crippen LogP contribution in [0.4, 0.5) is 15.0 Å². The SMILES string of the molecule is CN1CCN(C(=O)Nc2ccc(F)cn2)C[C@H]1c1ncc[nH]1. The van der Waals surface area contributed by atoms with Crippen molar-refractivity contribution in [1.29, 1.82) is 0 Å². The first-order valence-electron chi connectivity index (χ1n) is 7.00. The Bertz CT molecular complexity index is 629. The maximum atomic E-state index is 12.8. The highest BCUT2D eigenvalue weighted by Gasteiger charge is 2.30. The number of anilines is 1. The third-order valence-corrected chi connectivity index (χ3v) is 3.73. The number of aromatic nitrogens is 3. The molecule has 22 heavy (non-hydrogen) atoms. The molecule has 2 aromatic rings. The van der Waals surface area contributed by atoms with Crippen LogP contribution in [0.2, 0.25) is 0 Å². The summed E-state index contributed by atoms with van der Waals surface area (Å²) in [5.74, 6) is 0.732. The van der Waals surface area contributed by atoms with Gasteiger partial charge in [-0.2, -0.15) is 0 Å². The number of carbonyl (C=O) groups excluding carboxylic acids is 1. The molecule has 3 heterocycles. The second kappa shape index (κ2) is 6.10. The normalized spacial score (nSPS) is 19.2. The summed E-state index contributed by atoms with van der Waals surface area (Å²) >= 11 is 0. The van der Waals surface area contributed by atoms with E-state index >= 15 is 0 Å². The minimum atomic E-state index is -0.435. The van der Waals surface area contributed by atoms with E-state index in [9.17, 15) is 9.18 Å². The van der Waals surface area contributed by atoms with Crippen LogP contribution >= 0.6 is 0 Å². The number of hydrogen-bond acceptors (Lipinski definition) is 4. The number of nitrogens with one attached hydrogen (secondary N) is 2. The fourth-order valence-corrected chi connectivity index (χ4v) is 2.45. The zero-order valence-electron chi connectivity index (χ0n) is 12.2. The summed E-state index contributed by atoms with van der Waals surface area (Å²) in [5, 5.41) is 2.68. The highest BCUT2D eigenvalue weighted by atomic mass is 19.1. The summed E-state index contributed by atoms with van der Waals surface area (Å²) in [7, 11) is 2.00. The van der Waals surface area contributed by atoms with Gasteiger partial charge in [-0.3, -0.25) is 10.2 Å². The van der Waals surface area contributed by atoms with Gasteiger partial charge in [0.1, 0.15) is 17.5 Å². The van der Waals surface area contributed by atoms with E-state index in [1.165, 1.54) is 12.1 Å². The van der Waals surface area contributed by atoms with Crippen LogP contribution in [0.25, 0.3) is 0 Å². The van der Waals surface area contributed by atoms with Gasteiger partial charge in [-0.1, -0.05) is 0 Å². The minimum absolute atomic E-state index is 0.0238. The zero-order valence-corrected chi connectivity index (χ0v) is 12.2. The molecule has 0 radical (unpaired) electrons. The quantitative estimate of drug-likeness (QED) is 0.880. The molecule has 2 aromatic heterocycles. The second-order valence-corrected chi connectivity index (χ2v) is 5.21. The van der Waals surface area contributed by atoms with Crippen LogP contribution < -0.4 is 5.32 Å². The molecule has 1 saturated heterocycles. The van der Waals surface area contributed by atoms with Gasteiger partial charge >= 0.3 is 6.03 Å². The van der Waals surface area contributed by atoms with Crippen LogP contribution in [0.3, 0.4) is 0 Å². The first-order chi connectivity index (χ1) is 10.6. The lowest BCUT2D eigenvalue weighted by Gasteiger charge is -2.38. The maximum absolute atomic E-state index is 12.8. The van der Waals surface area contributed by atoms with E-state index in [-0.39, 0.29) is 12.1 Å². The van der Waals surface area contributed by atoms with Crippen LogP contribution in [0.1, 0.15) is 11.9 Å². The number of pyridine rings is 1. The summed E-state index contributed by atoms with van der Waals surface area (Å²) in [4.78, 5) is 27.4. The Balaban J connectivity index is 1.66. The van der Waals surface area contributed by atoms with E-state index in [2.05, 4.69) is 25.2 Å². The molecule has 0 unspecified atom stereocenters. The van der Waals surface area contributed by atoms with Gasteiger partial charge < -0.3 is 9.88 Å². The van der Waals surface area contributed by atoms with E-state index in [4.69, 9.17) is 0 Å². The maximum Gasteiger partial charge on any atom is 0.323 e. The molecule has 0 aromatic carbocycles. The smallest absolute Gasteiger partial charge is 0.323 e. The number of carbonyl (C=O) groups is 1. The summed E-state index contributed by atoms with van der Waals surface area (Å²) in [6, 6.07) is 2.48. The molecule has 0 saturated carbocycles. The van der Waals surface area contributed by atoms with Gasteiger partial charge in [0.25, 0.3) is 0 Å². The number of likely N-dealkylation sites (N-methyl/N-ethyl adjacent to an activating group) is 1. The number of aromatic amines is 1. The molecule has 1 atom stereocenters. The number of hydrogen-bond donors (Lipinski definition) is 2. The van der Waals surface area contributed by atoms with Gasteiger partial charge in [0, 0.05) is 32.0 Å². The molecular weight excluding hydrogens is 287 g/mol. The lowest BCUT2D eigenvalue weighted by molar-refractivity contribution is 0.112. The lowest BCUT2D eigenvalue weighted by atomic mass is 10.1. The number of halogens is 1. The van der Waals surface area contributed by atoms with Crippen LogP contribution in [0, 0.1) is 5.82 Å². The fraction of sp³-hybridized carbons (Fsp3) is 0.357. The predicted molar refractivity (Wildman–Crippen MR) is 78.7 cm³/mol. The van der Waals surface area contributed by atoms with Crippen molar-refractivity contribution in [3.63, 3.8) is 0 Å². The molecule has 0 bridgehead atoms. The Kier molecular flexibility index (Phi) is 4.01. The molecule has 2 N–H and O–H groups in total. The monoisotopic (exact) mass is 304 g/mol. The first-order valence-corrected chi connectivity index (χ1v) is 7.00. The molecule has 3 rings (SSSR count). The Morgan fingerprint density at radius 2 is 2.27 bits per heavy atom. The third kappa shape index (κ3) is 3.06. The van der Waals surface area contributed by atoms with Gasteiger partial charge in [0.2, 0.25) is 0 Å². The number of H-pyrrole nitrogens is 1. The fourth-order valence-electron chi connectivity index (χ4n) is 2.45. The lowest BCUT2D eigenvalue weighted by Crippen LogP contribution is -2.50. The number of piperazine rings is 1. The Hall–Kier alpha value is -2.48. The molecule has 1 aliphatic heterocycles. The zero-order chi connectivity index (χ0) is 15.5. The summed E-state index contributed by atoms with van der Waals surface area (Å²) in [6.07, 6.45) is 4.54. The van der Waals surface area contributed by atoms with Gasteiger partial charge in [-0.05, 0) is 19.2 Å². The van der Waals surface area contributed by atoms with E-state index in [1.807, 2.05) is 7.05 Å². The number of imidazole rings is 1. The van der Waals surface area contributed by atoms with Crippen molar-refractivity contribution < 1.29 is 9.18 Å². The Morgan fingerprint density at radius 3 is 2.95 bits per heavy atom. The Morgan fingerprint density at radius 1 is 1.41 bits per heavy atom. The number of amides is 2. The average Bonchev–Trinajstić information content (AvgIpc) is 3.04. The van der Waals surface area contributed by atoms with Crippen LogP contribution in [0.5, 0.6) is 0 Å². The summed E-state index contributed by atoms with van der Waals surface area (Å²) < 4.78 is 12.8.